The number of methoxy groups -OCH3 is 1. The largest absolute Gasteiger partial charge is 0.497 e. The summed E-state index contributed by atoms with van der Waals surface area (Å²) in [5.74, 6) is -1.91. The highest BCUT2D eigenvalue weighted by molar-refractivity contribution is 9.09. The number of fused-ring (bicyclic) bond motifs is 1. The maximum Gasteiger partial charge on any atom is 0.250 e. The van der Waals surface area contributed by atoms with E-state index in [1.807, 2.05) is 20.8 Å². The van der Waals surface area contributed by atoms with Gasteiger partial charge in [0.2, 0.25) is 17.7 Å². The van der Waals surface area contributed by atoms with Crippen molar-refractivity contribution in [1.82, 2.24) is 10.2 Å². The van der Waals surface area contributed by atoms with Crippen LogP contribution in [0, 0.1) is 17.8 Å². The molecule has 9 nitrogen and oxygen atoms in total. The molecule has 3 aliphatic rings. The number of rotatable bonds is 9. The van der Waals surface area contributed by atoms with Crippen LogP contribution in [-0.2, 0) is 19.1 Å². The Labute approximate surface area is 214 Å². The van der Waals surface area contributed by atoms with Gasteiger partial charge in [-0.2, -0.15) is 0 Å². The number of likely N-dealkylation sites (tertiary alicyclic amines) is 1. The van der Waals surface area contributed by atoms with E-state index in [9.17, 15) is 19.5 Å². The van der Waals surface area contributed by atoms with Gasteiger partial charge in [-0.25, -0.2) is 0 Å². The summed E-state index contributed by atoms with van der Waals surface area (Å²) in [4.78, 5) is 42.3. The molecule has 3 saturated heterocycles. The van der Waals surface area contributed by atoms with Crippen molar-refractivity contribution in [3.8, 4) is 5.75 Å². The van der Waals surface area contributed by atoms with Crippen molar-refractivity contribution < 1.29 is 29.0 Å². The van der Waals surface area contributed by atoms with E-state index in [1.54, 1.807) is 31.4 Å². The lowest BCUT2D eigenvalue weighted by molar-refractivity contribution is -0.145. The van der Waals surface area contributed by atoms with Crippen LogP contribution in [0.15, 0.2) is 24.3 Å². The van der Waals surface area contributed by atoms with Gasteiger partial charge >= 0.3 is 0 Å². The summed E-state index contributed by atoms with van der Waals surface area (Å²) in [6, 6.07) is 5.33. The predicted octanol–water partition coefficient (Wildman–Crippen LogP) is 1.92. The Balaban J connectivity index is 1.74. The van der Waals surface area contributed by atoms with E-state index in [4.69, 9.17) is 9.47 Å². The standard InChI is InChI=1S/C25H34BrN3O6/c1-5-10-27-22(31)18-19-24(33)29(17(12-30)13(2)3)21(25(19)11-16(26)20(18)35-25)23(32)28-14-6-8-15(34-4)9-7-14/h6-9,13,16-21,30H,5,10-12H2,1-4H3,(H,27,31)(H,28,32)/t16?,17-,18+,19-,20+,21?,25?/m0/s1. The third-order valence-electron chi connectivity index (χ3n) is 7.50. The summed E-state index contributed by atoms with van der Waals surface area (Å²) in [6.45, 7) is 5.96. The van der Waals surface area contributed by atoms with Gasteiger partial charge in [0.15, 0.2) is 0 Å². The molecule has 1 aromatic carbocycles. The molecule has 3 fully saturated rings. The van der Waals surface area contributed by atoms with Gasteiger partial charge in [-0.15, -0.1) is 0 Å². The zero-order valence-electron chi connectivity index (χ0n) is 20.5. The highest BCUT2D eigenvalue weighted by Crippen LogP contribution is 2.60. The number of hydrogen-bond acceptors (Lipinski definition) is 6. The SMILES string of the molecule is CCCNC(=O)[C@H]1[C@@H]2OC3(CC2Br)C(C(=O)Nc2ccc(OC)cc2)N([C@@H](CO)C(C)C)C(=O)[C@H]13. The molecular weight excluding hydrogens is 518 g/mol. The first-order chi connectivity index (χ1) is 16.7. The molecule has 192 valence electrons. The number of halogens is 1. The van der Waals surface area contributed by atoms with Crippen molar-refractivity contribution in [2.24, 2.45) is 17.8 Å². The lowest BCUT2D eigenvalue weighted by Gasteiger charge is -2.38. The maximum absolute atomic E-state index is 14.0. The average Bonchev–Trinajstić information content (AvgIpc) is 3.42. The molecule has 0 aromatic heterocycles. The number of ether oxygens (including phenoxy) is 2. The fourth-order valence-corrected chi connectivity index (χ4v) is 6.84. The van der Waals surface area contributed by atoms with Crippen molar-refractivity contribution >= 4 is 39.3 Å². The first-order valence-electron chi connectivity index (χ1n) is 12.2. The number of amides is 3. The molecule has 0 saturated carbocycles. The minimum Gasteiger partial charge on any atom is -0.497 e. The number of benzene rings is 1. The van der Waals surface area contributed by atoms with Gasteiger partial charge in [-0.1, -0.05) is 36.7 Å². The molecule has 3 unspecified atom stereocenters. The number of hydrogen-bond donors (Lipinski definition) is 3. The smallest absolute Gasteiger partial charge is 0.250 e. The molecule has 10 heteroatoms. The summed E-state index contributed by atoms with van der Waals surface area (Å²) in [5.41, 5.74) is -0.614. The quantitative estimate of drug-likeness (QED) is 0.403. The number of alkyl halides is 1. The Bertz CT molecular complexity index is 972. The van der Waals surface area contributed by atoms with Crippen LogP contribution in [0.3, 0.4) is 0 Å². The summed E-state index contributed by atoms with van der Waals surface area (Å²) in [6.07, 6.45) is 0.676. The summed E-state index contributed by atoms with van der Waals surface area (Å²) in [5, 5.41) is 16.1. The van der Waals surface area contributed by atoms with Gasteiger partial charge in [-0.05, 0) is 43.0 Å². The van der Waals surface area contributed by atoms with Crippen molar-refractivity contribution in [3.05, 3.63) is 24.3 Å². The van der Waals surface area contributed by atoms with Crippen molar-refractivity contribution in [2.75, 3.05) is 25.6 Å². The zero-order chi connectivity index (χ0) is 25.5. The van der Waals surface area contributed by atoms with Crippen LogP contribution in [0.4, 0.5) is 5.69 Å². The van der Waals surface area contributed by atoms with Gasteiger partial charge in [-0.3, -0.25) is 14.4 Å². The van der Waals surface area contributed by atoms with Crippen LogP contribution in [-0.4, -0.2) is 76.6 Å². The van der Waals surface area contributed by atoms with E-state index in [1.165, 1.54) is 4.90 Å². The van der Waals surface area contributed by atoms with Crippen molar-refractivity contribution in [3.63, 3.8) is 0 Å². The molecule has 0 aliphatic carbocycles. The molecule has 3 amide bonds. The second-order valence-electron chi connectivity index (χ2n) is 9.91. The number of nitrogens with zero attached hydrogens (tertiary/aromatic N) is 1. The normalized spacial score (nSPS) is 32.0. The van der Waals surface area contributed by atoms with Gasteiger partial charge in [0, 0.05) is 17.1 Å². The van der Waals surface area contributed by atoms with Crippen LogP contribution in [0.2, 0.25) is 0 Å². The van der Waals surface area contributed by atoms with Gasteiger partial charge in [0.1, 0.15) is 17.4 Å². The number of anilines is 1. The number of carbonyl (C=O) groups is 3. The second-order valence-corrected chi connectivity index (χ2v) is 11.1. The summed E-state index contributed by atoms with van der Waals surface area (Å²) < 4.78 is 11.7. The van der Waals surface area contributed by atoms with E-state index in [0.717, 1.165) is 6.42 Å². The predicted molar refractivity (Wildman–Crippen MR) is 133 cm³/mol. The first-order valence-corrected chi connectivity index (χ1v) is 13.1. The first kappa shape index (κ1) is 25.9. The summed E-state index contributed by atoms with van der Waals surface area (Å²) >= 11 is 3.66. The lowest BCUT2D eigenvalue weighted by atomic mass is 9.70. The fraction of sp³-hybridized carbons (Fsp3) is 0.640. The van der Waals surface area contributed by atoms with Crippen molar-refractivity contribution in [2.45, 2.75) is 62.2 Å². The fourth-order valence-electron chi connectivity index (χ4n) is 5.90. The van der Waals surface area contributed by atoms with Crippen LogP contribution in [0.5, 0.6) is 5.75 Å². The molecule has 35 heavy (non-hydrogen) atoms. The molecule has 2 bridgehead atoms. The van der Waals surface area contributed by atoms with Crippen LogP contribution in [0.25, 0.3) is 0 Å². The molecule has 1 aromatic rings. The van der Waals surface area contributed by atoms with E-state index >= 15 is 0 Å². The van der Waals surface area contributed by atoms with E-state index in [0.29, 0.717) is 24.4 Å². The third kappa shape index (κ3) is 4.23. The molecule has 3 aliphatic heterocycles. The number of carbonyl (C=O) groups excluding carboxylic acids is 3. The second kappa shape index (κ2) is 10.1. The number of aliphatic hydroxyl groups is 1. The van der Waals surface area contributed by atoms with Crippen LogP contribution >= 0.6 is 15.9 Å². The Kier molecular flexibility index (Phi) is 7.45. The molecule has 1 spiro atoms. The Morgan fingerprint density at radius 2 is 1.97 bits per heavy atom. The Morgan fingerprint density at radius 3 is 2.54 bits per heavy atom. The van der Waals surface area contributed by atoms with E-state index < -0.39 is 41.5 Å². The maximum atomic E-state index is 14.0. The van der Waals surface area contributed by atoms with Gasteiger partial charge < -0.3 is 30.1 Å². The average molecular weight is 552 g/mol. The number of nitrogens with one attached hydrogen (secondary N) is 2. The van der Waals surface area contributed by atoms with Crippen LogP contribution in [0.1, 0.15) is 33.6 Å². The highest BCUT2D eigenvalue weighted by Gasteiger charge is 2.77. The van der Waals surface area contributed by atoms with Gasteiger partial charge in [0.25, 0.3) is 0 Å². The summed E-state index contributed by atoms with van der Waals surface area (Å²) in [7, 11) is 1.56. The lowest BCUT2D eigenvalue weighted by Crippen LogP contribution is -2.57. The van der Waals surface area contributed by atoms with E-state index in [2.05, 4.69) is 26.6 Å². The molecule has 4 rings (SSSR count). The number of aliphatic hydroxyl groups excluding tert-OH is 1. The minimum atomic E-state index is -1.16. The molecule has 0 radical (unpaired) electrons. The highest BCUT2D eigenvalue weighted by atomic mass is 79.9. The molecule has 7 atom stereocenters. The van der Waals surface area contributed by atoms with Crippen LogP contribution < -0.4 is 15.4 Å². The topological polar surface area (TPSA) is 117 Å². The van der Waals surface area contributed by atoms with Crippen molar-refractivity contribution in [1.29, 1.82) is 0 Å². The molecule has 3 heterocycles. The van der Waals surface area contributed by atoms with E-state index in [-0.39, 0.29) is 29.2 Å². The zero-order valence-corrected chi connectivity index (χ0v) is 22.1. The Hall–Kier alpha value is -2.17. The van der Waals surface area contributed by atoms with Gasteiger partial charge in [0.05, 0.1) is 37.7 Å². The molecule has 3 N–H and O–H groups in total. The monoisotopic (exact) mass is 551 g/mol. The Morgan fingerprint density at radius 1 is 1.29 bits per heavy atom. The third-order valence-corrected chi connectivity index (χ3v) is 8.34. The molecular formula is C25H34BrN3O6. The minimum absolute atomic E-state index is 0.111.